The van der Waals surface area contributed by atoms with Gasteiger partial charge in [0.05, 0.1) is 25.9 Å². The molecule has 1 aromatic rings. The predicted molar refractivity (Wildman–Crippen MR) is 71.8 cm³/mol. The molecule has 5 nitrogen and oxygen atoms in total. The molecule has 0 aromatic heterocycles. The molecule has 1 aliphatic heterocycles. The molecular weight excluding hydrogens is 333 g/mol. The van der Waals surface area contributed by atoms with Gasteiger partial charge in [-0.2, -0.15) is 0 Å². The van der Waals surface area contributed by atoms with Gasteiger partial charge in [0, 0.05) is 11.0 Å². The Balaban J connectivity index is 2.33. The predicted octanol–water partition coefficient (Wildman–Crippen LogP) is 1.60. The number of hydrogen-bond acceptors (Lipinski definition) is 4. The Kier molecular flexibility index (Phi) is 4.72. The highest BCUT2D eigenvalue weighted by Gasteiger charge is 2.35. The van der Waals surface area contributed by atoms with Gasteiger partial charge in [-0.3, -0.25) is 4.79 Å². The summed E-state index contributed by atoms with van der Waals surface area (Å²) >= 11 is 3.15. The molecule has 0 N–H and O–H groups in total. The summed E-state index contributed by atoms with van der Waals surface area (Å²) in [6, 6.07) is 3.41. The average Bonchev–Trinajstić information content (AvgIpc) is 2.46. The summed E-state index contributed by atoms with van der Waals surface area (Å²) in [7, 11) is 1.23. The molecular formula is C13H13BrFNO4. The summed E-state index contributed by atoms with van der Waals surface area (Å²) in [6.45, 7) is 0.551. The van der Waals surface area contributed by atoms with Gasteiger partial charge < -0.3 is 14.4 Å². The number of amides is 1. The molecule has 1 unspecified atom stereocenters. The number of ether oxygens (including phenoxy) is 2. The number of carbonyl (C=O) groups is 2. The van der Waals surface area contributed by atoms with Crippen LogP contribution < -0.4 is 0 Å². The van der Waals surface area contributed by atoms with Crippen molar-refractivity contribution in [2.45, 2.75) is 6.04 Å². The fourth-order valence-electron chi connectivity index (χ4n) is 2.02. The Morgan fingerprint density at radius 2 is 2.25 bits per heavy atom. The quantitative estimate of drug-likeness (QED) is 0.764. The molecule has 1 amide bonds. The zero-order valence-corrected chi connectivity index (χ0v) is 12.4. The Hall–Kier alpha value is -1.47. The lowest BCUT2D eigenvalue weighted by Crippen LogP contribution is -2.53. The number of morpholine rings is 1. The first-order valence-electron chi connectivity index (χ1n) is 5.96. The van der Waals surface area contributed by atoms with Crippen molar-refractivity contribution in [3.63, 3.8) is 0 Å². The highest BCUT2D eigenvalue weighted by molar-refractivity contribution is 9.10. The van der Waals surface area contributed by atoms with Crippen molar-refractivity contribution in [1.82, 2.24) is 4.90 Å². The number of carbonyl (C=O) groups excluding carboxylic acids is 2. The van der Waals surface area contributed by atoms with Crippen LogP contribution in [0.1, 0.15) is 10.4 Å². The summed E-state index contributed by atoms with van der Waals surface area (Å²) in [5, 5.41) is 0. The second-order valence-corrected chi connectivity index (χ2v) is 5.06. The molecule has 1 saturated heterocycles. The van der Waals surface area contributed by atoms with Crippen molar-refractivity contribution in [2.24, 2.45) is 0 Å². The molecule has 1 aromatic carbocycles. The van der Waals surface area contributed by atoms with Crippen LogP contribution in [0.4, 0.5) is 4.39 Å². The summed E-state index contributed by atoms with van der Waals surface area (Å²) in [6.07, 6.45) is 0. The molecule has 0 radical (unpaired) electrons. The molecule has 0 aliphatic carbocycles. The lowest BCUT2D eigenvalue weighted by molar-refractivity contribution is -0.151. The lowest BCUT2D eigenvalue weighted by Gasteiger charge is -2.33. The van der Waals surface area contributed by atoms with Crippen LogP contribution in [0.2, 0.25) is 0 Å². The van der Waals surface area contributed by atoms with E-state index >= 15 is 0 Å². The first kappa shape index (κ1) is 14.9. The van der Waals surface area contributed by atoms with E-state index in [-0.39, 0.29) is 18.7 Å². The topological polar surface area (TPSA) is 55.8 Å². The maximum atomic E-state index is 13.8. The second-order valence-electron chi connectivity index (χ2n) is 4.21. The largest absolute Gasteiger partial charge is 0.467 e. The Morgan fingerprint density at radius 1 is 1.50 bits per heavy atom. The summed E-state index contributed by atoms with van der Waals surface area (Å²) < 4.78 is 24.0. The van der Waals surface area contributed by atoms with Crippen LogP contribution in [-0.4, -0.2) is 49.7 Å². The van der Waals surface area contributed by atoms with Gasteiger partial charge in [-0.05, 0) is 28.1 Å². The van der Waals surface area contributed by atoms with Crippen molar-refractivity contribution in [3.05, 3.63) is 34.1 Å². The van der Waals surface area contributed by atoms with E-state index in [4.69, 9.17) is 4.74 Å². The molecule has 1 fully saturated rings. The van der Waals surface area contributed by atoms with Gasteiger partial charge >= 0.3 is 5.97 Å². The fraction of sp³-hybridized carbons (Fsp3) is 0.385. The molecule has 1 aliphatic rings. The van der Waals surface area contributed by atoms with Gasteiger partial charge in [0.1, 0.15) is 5.82 Å². The fourth-order valence-corrected chi connectivity index (χ4v) is 2.54. The smallest absolute Gasteiger partial charge is 0.331 e. The number of benzene rings is 1. The van der Waals surface area contributed by atoms with Crippen LogP contribution in [0.3, 0.4) is 0 Å². The van der Waals surface area contributed by atoms with Crippen molar-refractivity contribution >= 4 is 27.8 Å². The van der Waals surface area contributed by atoms with E-state index in [1.165, 1.54) is 24.1 Å². The van der Waals surface area contributed by atoms with Gasteiger partial charge in [-0.25, -0.2) is 9.18 Å². The van der Waals surface area contributed by atoms with Gasteiger partial charge in [0.25, 0.3) is 5.91 Å². The van der Waals surface area contributed by atoms with E-state index in [1.807, 2.05) is 0 Å². The molecule has 0 saturated carbocycles. The lowest BCUT2D eigenvalue weighted by atomic mass is 10.1. The molecule has 20 heavy (non-hydrogen) atoms. The van der Waals surface area contributed by atoms with Crippen molar-refractivity contribution in [1.29, 1.82) is 0 Å². The van der Waals surface area contributed by atoms with Gasteiger partial charge in [0.15, 0.2) is 6.04 Å². The number of nitrogens with zero attached hydrogens (tertiary/aromatic N) is 1. The third-order valence-corrected chi connectivity index (χ3v) is 3.70. The summed E-state index contributed by atoms with van der Waals surface area (Å²) in [5.74, 6) is -1.78. The van der Waals surface area contributed by atoms with Crippen LogP contribution in [0, 0.1) is 5.82 Å². The second kappa shape index (κ2) is 6.32. The van der Waals surface area contributed by atoms with E-state index in [0.717, 1.165) is 0 Å². The van der Waals surface area contributed by atoms with Crippen LogP contribution in [0.15, 0.2) is 22.7 Å². The van der Waals surface area contributed by atoms with Gasteiger partial charge in [0.2, 0.25) is 0 Å². The summed E-state index contributed by atoms with van der Waals surface area (Å²) in [5.41, 5.74) is -0.0942. The number of methoxy groups -OCH3 is 1. The highest BCUT2D eigenvalue weighted by Crippen LogP contribution is 2.23. The number of esters is 1. The normalized spacial score (nSPS) is 18.8. The monoisotopic (exact) mass is 345 g/mol. The molecule has 2 rings (SSSR count). The molecule has 1 atom stereocenters. The minimum absolute atomic E-state index is 0.0461. The van der Waals surface area contributed by atoms with Crippen LogP contribution in [0.25, 0.3) is 0 Å². The number of halogens is 2. The first-order chi connectivity index (χ1) is 9.56. The molecule has 1 heterocycles. The SMILES string of the molecule is COC(=O)C1COCCN1C(=O)c1c(F)cccc1Br. The molecule has 108 valence electrons. The zero-order chi connectivity index (χ0) is 14.7. The first-order valence-corrected chi connectivity index (χ1v) is 6.76. The zero-order valence-electron chi connectivity index (χ0n) is 10.8. The van der Waals surface area contributed by atoms with Gasteiger partial charge in [-0.15, -0.1) is 0 Å². The molecule has 0 bridgehead atoms. The Labute approximate surface area is 123 Å². The third kappa shape index (κ3) is 2.83. The Morgan fingerprint density at radius 3 is 2.90 bits per heavy atom. The summed E-state index contributed by atoms with van der Waals surface area (Å²) in [4.78, 5) is 25.4. The van der Waals surface area contributed by atoms with Crippen molar-refractivity contribution in [2.75, 3.05) is 26.9 Å². The minimum atomic E-state index is -0.854. The van der Waals surface area contributed by atoms with Crippen molar-refractivity contribution < 1.29 is 23.5 Å². The number of hydrogen-bond donors (Lipinski definition) is 0. The Bertz CT molecular complexity index is 517. The maximum Gasteiger partial charge on any atom is 0.331 e. The average molecular weight is 346 g/mol. The maximum absolute atomic E-state index is 13.8. The molecule has 7 heteroatoms. The standard InChI is InChI=1S/C13H13BrFNO4/c1-19-13(18)10-7-20-6-5-16(10)12(17)11-8(14)3-2-4-9(11)15/h2-4,10H,5-7H2,1H3. The van der Waals surface area contributed by atoms with E-state index in [2.05, 4.69) is 20.7 Å². The number of rotatable bonds is 2. The van der Waals surface area contributed by atoms with E-state index in [9.17, 15) is 14.0 Å². The third-order valence-electron chi connectivity index (χ3n) is 3.04. The van der Waals surface area contributed by atoms with E-state index in [1.54, 1.807) is 6.07 Å². The van der Waals surface area contributed by atoms with Crippen LogP contribution in [0.5, 0.6) is 0 Å². The van der Waals surface area contributed by atoms with Crippen LogP contribution in [-0.2, 0) is 14.3 Å². The highest BCUT2D eigenvalue weighted by atomic mass is 79.9. The van der Waals surface area contributed by atoms with Crippen molar-refractivity contribution in [3.8, 4) is 0 Å². The minimum Gasteiger partial charge on any atom is -0.467 e. The van der Waals surface area contributed by atoms with Gasteiger partial charge in [-0.1, -0.05) is 6.07 Å². The van der Waals surface area contributed by atoms with E-state index < -0.39 is 23.7 Å². The van der Waals surface area contributed by atoms with E-state index in [0.29, 0.717) is 11.1 Å². The molecule has 0 spiro atoms. The van der Waals surface area contributed by atoms with Crippen LogP contribution >= 0.6 is 15.9 Å².